The molecule has 1 aromatic carbocycles. The summed E-state index contributed by atoms with van der Waals surface area (Å²) >= 11 is 3.34. The molecule has 0 N–H and O–H groups in total. The topological polar surface area (TPSA) is 55.6 Å². The fraction of sp³-hybridized carbons (Fsp3) is 0.455. The Morgan fingerprint density at radius 1 is 1.41 bits per heavy atom. The number of morpholine rings is 1. The van der Waals surface area contributed by atoms with Crippen molar-refractivity contribution in [3.8, 4) is 0 Å². The standard InChI is InChI=1S/C11H13BrN2O3/c12-10-1-2-11(14(15)16)9(7-10)8-13-3-5-17-6-4-13/h1-2,7H,3-6,8H2. The van der Waals surface area contributed by atoms with Crippen molar-refractivity contribution < 1.29 is 9.66 Å². The van der Waals surface area contributed by atoms with E-state index in [0.717, 1.165) is 23.1 Å². The Balaban J connectivity index is 2.17. The van der Waals surface area contributed by atoms with Crippen molar-refractivity contribution in [2.75, 3.05) is 26.3 Å². The van der Waals surface area contributed by atoms with E-state index >= 15 is 0 Å². The van der Waals surface area contributed by atoms with Crippen molar-refractivity contribution in [2.24, 2.45) is 0 Å². The highest BCUT2D eigenvalue weighted by Gasteiger charge is 2.18. The van der Waals surface area contributed by atoms with Gasteiger partial charge in [-0.2, -0.15) is 0 Å². The highest BCUT2D eigenvalue weighted by Crippen LogP contribution is 2.24. The number of benzene rings is 1. The molecule has 5 nitrogen and oxygen atoms in total. The highest BCUT2D eigenvalue weighted by atomic mass is 79.9. The monoisotopic (exact) mass is 300 g/mol. The Bertz CT molecular complexity index is 419. The van der Waals surface area contributed by atoms with E-state index in [1.807, 2.05) is 6.07 Å². The van der Waals surface area contributed by atoms with Crippen LogP contribution in [0, 0.1) is 10.1 Å². The van der Waals surface area contributed by atoms with Gasteiger partial charge in [0.1, 0.15) is 0 Å². The first-order chi connectivity index (χ1) is 8.16. The normalized spacial score (nSPS) is 17.0. The van der Waals surface area contributed by atoms with E-state index in [0.29, 0.717) is 19.8 Å². The molecular formula is C11H13BrN2O3. The summed E-state index contributed by atoms with van der Waals surface area (Å²) < 4.78 is 6.12. The summed E-state index contributed by atoms with van der Waals surface area (Å²) in [6.07, 6.45) is 0. The SMILES string of the molecule is O=[N+]([O-])c1ccc(Br)cc1CN1CCOCC1. The summed E-state index contributed by atoms with van der Waals surface area (Å²) in [5, 5.41) is 10.9. The Morgan fingerprint density at radius 3 is 2.76 bits per heavy atom. The third kappa shape index (κ3) is 3.24. The van der Waals surface area contributed by atoms with Gasteiger partial charge in [0.2, 0.25) is 0 Å². The molecule has 1 aromatic rings. The number of halogens is 1. The van der Waals surface area contributed by atoms with Crippen molar-refractivity contribution >= 4 is 21.6 Å². The summed E-state index contributed by atoms with van der Waals surface area (Å²) in [6, 6.07) is 5.05. The van der Waals surface area contributed by atoms with Crippen LogP contribution in [0.15, 0.2) is 22.7 Å². The van der Waals surface area contributed by atoms with Gasteiger partial charge >= 0.3 is 0 Å². The highest BCUT2D eigenvalue weighted by molar-refractivity contribution is 9.10. The van der Waals surface area contributed by atoms with Crippen LogP contribution in [0.5, 0.6) is 0 Å². The molecule has 17 heavy (non-hydrogen) atoms. The first kappa shape index (κ1) is 12.5. The van der Waals surface area contributed by atoms with Crippen LogP contribution in [0.1, 0.15) is 5.56 Å². The van der Waals surface area contributed by atoms with Crippen LogP contribution in [0.4, 0.5) is 5.69 Å². The zero-order chi connectivity index (χ0) is 12.3. The number of rotatable bonds is 3. The van der Waals surface area contributed by atoms with Crippen LogP contribution < -0.4 is 0 Å². The summed E-state index contributed by atoms with van der Waals surface area (Å²) in [4.78, 5) is 12.8. The third-order valence-electron chi connectivity index (χ3n) is 2.74. The lowest BCUT2D eigenvalue weighted by Crippen LogP contribution is -2.35. The third-order valence-corrected chi connectivity index (χ3v) is 3.23. The Morgan fingerprint density at radius 2 is 2.12 bits per heavy atom. The molecule has 0 spiro atoms. The number of nitro groups is 1. The Kier molecular flexibility index (Phi) is 4.09. The molecule has 0 aliphatic carbocycles. The molecule has 0 unspecified atom stereocenters. The zero-order valence-electron chi connectivity index (χ0n) is 9.26. The van der Waals surface area contributed by atoms with Gasteiger partial charge in [0, 0.05) is 35.7 Å². The van der Waals surface area contributed by atoms with E-state index in [1.165, 1.54) is 0 Å². The minimum Gasteiger partial charge on any atom is -0.379 e. The molecule has 1 heterocycles. The van der Waals surface area contributed by atoms with E-state index in [2.05, 4.69) is 20.8 Å². The lowest BCUT2D eigenvalue weighted by Gasteiger charge is -2.26. The van der Waals surface area contributed by atoms with Crippen LogP contribution >= 0.6 is 15.9 Å². The number of hydrogen-bond donors (Lipinski definition) is 0. The van der Waals surface area contributed by atoms with Crippen LogP contribution in [0.25, 0.3) is 0 Å². The lowest BCUT2D eigenvalue weighted by molar-refractivity contribution is -0.385. The molecule has 6 heteroatoms. The number of nitrogens with zero attached hydrogens (tertiary/aromatic N) is 2. The average molecular weight is 301 g/mol. The van der Waals surface area contributed by atoms with Crippen LogP contribution in [0.3, 0.4) is 0 Å². The van der Waals surface area contributed by atoms with Crippen LogP contribution in [-0.4, -0.2) is 36.1 Å². The molecule has 1 saturated heterocycles. The number of ether oxygens (including phenoxy) is 1. The van der Waals surface area contributed by atoms with E-state index in [1.54, 1.807) is 12.1 Å². The molecule has 0 bridgehead atoms. The number of hydrogen-bond acceptors (Lipinski definition) is 4. The molecule has 0 saturated carbocycles. The van der Waals surface area contributed by atoms with Gasteiger partial charge in [0.25, 0.3) is 5.69 Å². The molecule has 0 aromatic heterocycles. The van der Waals surface area contributed by atoms with Gasteiger partial charge in [0.15, 0.2) is 0 Å². The zero-order valence-corrected chi connectivity index (χ0v) is 10.9. The van der Waals surface area contributed by atoms with Crippen LogP contribution in [-0.2, 0) is 11.3 Å². The second kappa shape index (κ2) is 5.57. The Labute approximate surface area is 108 Å². The van der Waals surface area contributed by atoms with Crippen molar-refractivity contribution in [2.45, 2.75) is 6.54 Å². The molecule has 2 rings (SSSR count). The predicted molar refractivity (Wildman–Crippen MR) is 66.9 cm³/mol. The van der Waals surface area contributed by atoms with E-state index in [4.69, 9.17) is 4.74 Å². The van der Waals surface area contributed by atoms with Gasteiger partial charge in [-0.25, -0.2) is 0 Å². The van der Waals surface area contributed by atoms with Crippen molar-refractivity contribution in [3.05, 3.63) is 38.3 Å². The molecule has 1 aliphatic rings. The maximum Gasteiger partial charge on any atom is 0.273 e. The first-order valence-electron chi connectivity index (χ1n) is 5.40. The summed E-state index contributed by atoms with van der Waals surface area (Å²) in [7, 11) is 0. The summed E-state index contributed by atoms with van der Waals surface area (Å²) in [5.74, 6) is 0. The Hall–Kier alpha value is -0.980. The molecule has 1 aliphatic heterocycles. The molecule has 0 radical (unpaired) electrons. The molecule has 92 valence electrons. The fourth-order valence-corrected chi connectivity index (χ4v) is 2.27. The van der Waals surface area contributed by atoms with E-state index in [9.17, 15) is 10.1 Å². The summed E-state index contributed by atoms with van der Waals surface area (Å²) in [6.45, 7) is 3.63. The second-order valence-electron chi connectivity index (χ2n) is 3.92. The number of nitro benzene ring substituents is 1. The molecule has 0 amide bonds. The minimum absolute atomic E-state index is 0.180. The van der Waals surface area contributed by atoms with Crippen molar-refractivity contribution in [1.82, 2.24) is 4.90 Å². The van der Waals surface area contributed by atoms with Gasteiger partial charge in [0.05, 0.1) is 18.1 Å². The minimum atomic E-state index is -0.331. The fourth-order valence-electron chi connectivity index (χ4n) is 1.86. The maximum absolute atomic E-state index is 10.9. The predicted octanol–water partition coefficient (Wildman–Crippen LogP) is 2.19. The maximum atomic E-state index is 10.9. The van der Waals surface area contributed by atoms with Crippen molar-refractivity contribution in [1.29, 1.82) is 0 Å². The largest absolute Gasteiger partial charge is 0.379 e. The molecule has 0 atom stereocenters. The molecular weight excluding hydrogens is 288 g/mol. The van der Waals surface area contributed by atoms with Gasteiger partial charge in [-0.3, -0.25) is 15.0 Å². The van der Waals surface area contributed by atoms with Gasteiger partial charge in [-0.05, 0) is 12.1 Å². The quantitative estimate of drug-likeness (QED) is 0.634. The molecule has 1 fully saturated rings. The van der Waals surface area contributed by atoms with Gasteiger partial charge in [-0.15, -0.1) is 0 Å². The lowest BCUT2D eigenvalue weighted by atomic mass is 10.1. The van der Waals surface area contributed by atoms with Crippen LogP contribution in [0.2, 0.25) is 0 Å². The van der Waals surface area contributed by atoms with E-state index < -0.39 is 0 Å². The smallest absolute Gasteiger partial charge is 0.273 e. The van der Waals surface area contributed by atoms with Gasteiger partial charge in [-0.1, -0.05) is 15.9 Å². The first-order valence-corrected chi connectivity index (χ1v) is 6.19. The summed E-state index contributed by atoms with van der Waals surface area (Å²) in [5.41, 5.74) is 0.922. The van der Waals surface area contributed by atoms with Gasteiger partial charge < -0.3 is 4.74 Å². The van der Waals surface area contributed by atoms with E-state index in [-0.39, 0.29) is 10.6 Å². The second-order valence-corrected chi connectivity index (χ2v) is 4.83. The average Bonchev–Trinajstić information content (AvgIpc) is 2.30. The van der Waals surface area contributed by atoms with Crippen molar-refractivity contribution in [3.63, 3.8) is 0 Å².